The molecule has 0 fully saturated rings. The molecule has 160 valence electrons. The molecule has 4 N–H and O–H groups in total. The summed E-state index contributed by atoms with van der Waals surface area (Å²) in [6.07, 6.45) is 6.37. The smallest absolute Gasteiger partial charge is 0.475 e. The summed E-state index contributed by atoms with van der Waals surface area (Å²) >= 11 is 0. The number of hydrogen-bond donors (Lipinski definition) is 4. The Morgan fingerprint density at radius 2 is 1.81 bits per heavy atom. The predicted octanol–water partition coefficient (Wildman–Crippen LogP) is 2.62. The summed E-state index contributed by atoms with van der Waals surface area (Å²) in [5.74, 6) is -1.24. The maximum atomic E-state index is 12.7. The van der Waals surface area contributed by atoms with Gasteiger partial charge in [-0.1, -0.05) is 36.4 Å². The Balaban J connectivity index is 1.62. The van der Waals surface area contributed by atoms with Crippen LogP contribution in [0.15, 0.2) is 67.0 Å². The summed E-state index contributed by atoms with van der Waals surface area (Å²) in [4.78, 5) is 16.9. The molecule has 0 aliphatic carbocycles. The molecule has 2 aromatic carbocycles. The van der Waals surface area contributed by atoms with E-state index in [-0.39, 0.29) is 18.1 Å². The first-order chi connectivity index (χ1) is 14.9. The van der Waals surface area contributed by atoms with E-state index in [0.717, 1.165) is 24.8 Å². The standard InChI is InChI=1S/C24H27BN2O4/c1-17-6-2-11-20(23(17)28)15-22(25(30)31)27-24(29)21-12-4-8-18(14-21)7-3-9-19-10-5-13-26-16-19/h2,4-6,8,10-14,16,22,28,30-31H,3,7,9,15H2,1H3,(H,27,29)/t22-/m0/s1. The second kappa shape index (κ2) is 10.7. The summed E-state index contributed by atoms with van der Waals surface area (Å²) in [6, 6.07) is 16.5. The first-order valence-corrected chi connectivity index (χ1v) is 10.4. The first kappa shape index (κ1) is 22.5. The monoisotopic (exact) mass is 418 g/mol. The number of rotatable bonds is 9. The van der Waals surface area contributed by atoms with Gasteiger partial charge in [0.05, 0.1) is 5.94 Å². The van der Waals surface area contributed by atoms with Crippen LogP contribution in [-0.4, -0.2) is 39.1 Å². The number of hydrogen-bond acceptors (Lipinski definition) is 5. The zero-order chi connectivity index (χ0) is 22.2. The average Bonchev–Trinajstić information content (AvgIpc) is 2.77. The molecule has 1 aromatic heterocycles. The van der Waals surface area contributed by atoms with Gasteiger partial charge in [-0.2, -0.15) is 0 Å². The van der Waals surface area contributed by atoms with Crippen LogP contribution in [0.1, 0.15) is 39.0 Å². The van der Waals surface area contributed by atoms with Crippen LogP contribution in [-0.2, 0) is 19.3 Å². The van der Waals surface area contributed by atoms with Gasteiger partial charge in [-0.25, -0.2) is 0 Å². The van der Waals surface area contributed by atoms with Crippen molar-refractivity contribution in [3.05, 3.63) is 94.8 Å². The summed E-state index contributed by atoms with van der Waals surface area (Å²) in [5, 5.41) is 32.4. The van der Waals surface area contributed by atoms with Gasteiger partial charge in [0.15, 0.2) is 0 Å². The molecular formula is C24H27BN2O4. The molecule has 0 aliphatic rings. The Bertz CT molecular complexity index is 1010. The van der Waals surface area contributed by atoms with Crippen molar-refractivity contribution < 1.29 is 19.9 Å². The molecule has 31 heavy (non-hydrogen) atoms. The highest BCUT2D eigenvalue weighted by atomic mass is 16.4. The van der Waals surface area contributed by atoms with Crippen LogP contribution in [0.2, 0.25) is 0 Å². The summed E-state index contributed by atoms with van der Waals surface area (Å²) in [6.45, 7) is 1.77. The number of aromatic hydroxyl groups is 1. The minimum absolute atomic E-state index is 0.0954. The average molecular weight is 418 g/mol. The zero-order valence-electron chi connectivity index (χ0n) is 17.5. The van der Waals surface area contributed by atoms with E-state index >= 15 is 0 Å². The van der Waals surface area contributed by atoms with Crippen molar-refractivity contribution in [3.8, 4) is 5.75 Å². The van der Waals surface area contributed by atoms with E-state index in [4.69, 9.17) is 0 Å². The second-order valence-corrected chi connectivity index (χ2v) is 7.70. The molecule has 1 heterocycles. The Labute approximate surface area is 182 Å². The third-order valence-electron chi connectivity index (χ3n) is 5.28. The van der Waals surface area contributed by atoms with E-state index in [1.807, 2.05) is 36.5 Å². The van der Waals surface area contributed by atoms with Gasteiger partial charge < -0.3 is 20.5 Å². The largest absolute Gasteiger partial charge is 0.507 e. The summed E-state index contributed by atoms with van der Waals surface area (Å²) in [5.41, 5.74) is 3.90. The molecule has 0 saturated heterocycles. The van der Waals surface area contributed by atoms with E-state index in [1.165, 1.54) is 5.56 Å². The number of para-hydroxylation sites is 1. The van der Waals surface area contributed by atoms with Crippen LogP contribution in [0.5, 0.6) is 5.75 Å². The predicted molar refractivity (Wildman–Crippen MR) is 121 cm³/mol. The van der Waals surface area contributed by atoms with Crippen molar-refractivity contribution in [2.45, 2.75) is 38.5 Å². The third-order valence-corrected chi connectivity index (χ3v) is 5.28. The highest BCUT2D eigenvalue weighted by Crippen LogP contribution is 2.23. The van der Waals surface area contributed by atoms with Gasteiger partial charge in [-0.05, 0) is 73.1 Å². The number of nitrogens with one attached hydrogen (secondary N) is 1. The van der Waals surface area contributed by atoms with Gasteiger partial charge in [0.1, 0.15) is 5.75 Å². The number of amides is 1. The van der Waals surface area contributed by atoms with Crippen LogP contribution < -0.4 is 5.32 Å². The fourth-order valence-corrected chi connectivity index (χ4v) is 3.51. The number of aromatic nitrogens is 1. The van der Waals surface area contributed by atoms with E-state index in [1.54, 1.807) is 37.4 Å². The Morgan fingerprint density at radius 1 is 1.06 bits per heavy atom. The normalized spacial score (nSPS) is 11.7. The highest BCUT2D eigenvalue weighted by molar-refractivity contribution is 6.43. The van der Waals surface area contributed by atoms with Gasteiger partial charge in [0.2, 0.25) is 0 Å². The number of phenols is 1. The molecule has 6 nitrogen and oxygen atoms in total. The van der Waals surface area contributed by atoms with Gasteiger partial charge >= 0.3 is 7.12 Å². The molecular weight excluding hydrogens is 391 g/mol. The van der Waals surface area contributed by atoms with Crippen molar-refractivity contribution in [2.75, 3.05) is 0 Å². The molecule has 7 heteroatoms. The van der Waals surface area contributed by atoms with Crippen molar-refractivity contribution in [1.29, 1.82) is 0 Å². The lowest BCUT2D eigenvalue weighted by Gasteiger charge is -2.19. The van der Waals surface area contributed by atoms with Crippen LogP contribution >= 0.6 is 0 Å². The van der Waals surface area contributed by atoms with Crippen molar-refractivity contribution in [1.82, 2.24) is 10.3 Å². The maximum absolute atomic E-state index is 12.7. The van der Waals surface area contributed by atoms with E-state index in [9.17, 15) is 19.9 Å². The van der Waals surface area contributed by atoms with Gasteiger partial charge in [-0.15, -0.1) is 0 Å². The molecule has 0 radical (unpaired) electrons. The highest BCUT2D eigenvalue weighted by Gasteiger charge is 2.27. The second-order valence-electron chi connectivity index (χ2n) is 7.70. The minimum atomic E-state index is -1.76. The SMILES string of the molecule is Cc1cccc(C[C@H](NC(=O)c2cccc(CCCc3cccnc3)c2)B(O)O)c1O. The van der Waals surface area contributed by atoms with Gasteiger partial charge in [0, 0.05) is 18.0 Å². The number of carbonyl (C=O) groups is 1. The molecule has 3 rings (SSSR count). The number of aryl methyl sites for hydroxylation is 3. The van der Waals surface area contributed by atoms with Crippen molar-refractivity contribution in [3.63, 3.8) is 0 Å². The number of nitrogens with zero attached hydrogens (tertiary/aromatic N) is 1. The van der Waals surface area contributed by atoms with Crippen LogP contribution in [0.25, 0.3) is 0 Å². The third kappa shape index (κ3) is 6.41. The molecule has 0 unspecified atom stereocenters. The molecule has 1 amide bonds. The van der Waals surface area contributed by atoms with Crippen molar-refractivity contribution >= 4 is 13.0 Å². The number of pyridine rings is 1. The Hall–Kier alpha value is -3.16. The molecule has 0 aliphatic heterocycles. The lowest BCUT2D eigenvalue weighted by Crippen LogP contribution is -2.47. The fraction of sp³-hybridized carbons (Fsp3) is 0.250. The zero-order valence-corrected chi connectivity index (χ0v) is 17.5. The van der Waals surface area contributed by atoms with Crippen molar-refractivity contribution in [2.24, 2.45) is 0 Å². The number of carbonyl (C=O) groups excluding carboxylic acids is 1. The van der Waals surface area contributed by atoms with Crippen LogP contribution in [0, 0.1) is 6.92 Å². The Kier molecular flexibility index (Phi) is 7.81. The lowest BCUT2D eigenvalue weighted by atomic mass is 9.75. The topological polar surface area (TPSA) is 103 Å². The molecule has 0 saturated carbocycles. The van der Waals surface area contributed by atoms with E-state index in [2.05, 4.69) is 10.3 Å². The Morgan fingerprint density at radius 3 is 2.55 bits per heavy atom. The van der Waals surface area contributed by atoms with Crippen LogP contribution in [0.3, 0.4) is 0 Å². The first-order valence-electron chi connectivity index (χ1n) is 10.4. The fourth-order valence-electron chi connectivity index (χ4n) is 3.51. The summed E-state index contributed by atoms with van der Waals surface area (Å²) in [7, 11) is -1.76. The minimum Gasteiger partial charge on any atom is -0.507 e. The van der Waals surface area contributed by atoms with Gasteiger partial charge in [0.25, 0.3) is 5.91 Å². The quantitative estimate of drug-likeness (QED) is 0.400. The van der Waals surface area contributed by atoms with E-state index in [0.29, 0.717) is 16.7 Å². The van der Waals surface area contributed by atoms with Gasteiger partial charge in [-0.3, -0.25) is 9.78 Å². The molecule has 0 spiro atoms. The number of benzene rings is 2. The summed E-state index contributed by atoms with van der Waals surface area (Å²) < 4.78 is 0. The van der Waals surface area contributed by atoms with E-state index < -0.39 is 13.1 Å². The molecule has 3 aromatic rings. The lowest BCUT2D eigenvalue weighted by molar-refractivity contribution is 0.0941. The maximum Gasteiger partial charge on any atom is 0.475 e. The number of phenolic OH excluding ortho intramolecular Hbond substituents is 1. The molecule has 1 atom stereocenters. The molecule has 0 bridgehead atoms. The van der Waals surface area contributed by atoms with Crippen LogP contribution in [0.4, 0.5) is 0 Å².